The van der Waals surface area contributed by atoms with Crippen molar-refractivity contribution in [1.82, 2.24) is 5.32 Å². The minimum absolute atomic E-state index is 0.347. The van der Waals surface area contributed by atoms with Gasteiger partial charge >= 0.3 is 0 Å². The molecule has 0 heterocycles. The van der Waals surface area contributed by atoms with Crippen LogP contribution in [0.1, 0.15) is 51.4 Å². The second kappa shape index (κ2) is 5.40. The number of amides is 1. The Morgan fingerprint density at radius 1 is 1.00 bits per heavy atom. The average Bonchev–Trinajstić information content (AvgIpc) is 3.12. The number of alkyl halides is 1. The minimum atomic E-state index is 0.347. The Morgan fingerprint density at radius 2 is 1.61 bits per heavy atom. The van der Waals surface area contributed by atoms with Crippen LogP contribution in [-0.4, -0.2) is 17.8 Å². The van der Waals surface area contributed by atoms with Crippen molar-refractivity contribution < 1.29 is 4.79 Å². The standard InChI is InChI=1S/C15H24ClNO/c16-11-7-5-10(6-8-11)9-17-15(18)14-12-3-1-2-4-13(12)14/h10-14H,1-9H2,(H,17,18). The van der Waals surface area contributed by atoms with E-state index in [1.165, 1.54) is 38.5 Å². The van der Waals surface area contributed by atoms with E-state index in [0.29, 0.717) is 23.1 Å². The van der Waals surface area contributed by atoms with Gasteiger partial charge in [0, 0.05) is 17.8 Å². The number of rotatable bonds is 3. The average molecular weight is 270 g/mol. The van der Waals surface area contributed by atoms with Gasteiger partial charge in [0.25, 0.3) is 0 Å². The van der Waals surface area contributed by atoms with Crippen molar-refractivity contribution in [2.24, 2.45) is 23.7 Å². The summed E-state index contributed by atoms with van der Waals surface area (Å²) in [6.45, 7) is 0.887. The molecule has 18 heavy (non-hydrogen) atoms. The molecule has 102 valence electrons. The van der Waals surface area contributed by atoms with Gasteiger partial charge in [-0.2, -0.15) is 0 Å². The van der Waals surface area contributed by atoms with Crippen LogP contribution in [0.25, 0.3) is 0 Å². The van der Waals surface area contributed by atoms with Crippen LogP contribution in [0, 0.1) is 23.7 Å². The number of fused-ring (bicyclic) bond motifs is 1. The molecule has 3 rings (SSSR count). The van der Waals surface area contributed by atoms with E-state index >= 15 is 0 Å². The molecule has 0 aromatic carbocycles. The molecule has 0 aliphatic heterocycles. The fourth-order valence-corrected chi connectivity index (χ4v) is 4.32. The van der Waals surface area contributed by atoms with Crippen LogP contribution in [0.15, 0.2) is 0 Å². The molecule has 2 atom stereocenters. The van der Waals surface area contributed by atoms with Crippen molar-refractivity contribution in [2.75, 3.05) is 6.54 Å². The van der Waals surface area contributed by atoms with Gasteiger partial charge in [-0.15, -0.1) is 11.6 Å². The highest BCUT2D eigenvalue weighted by Gasteiger charge is 2.54. The molecule has 0 bridgehead atoms. The second-order valence-corrected chi connectivity index (χ2v) is 7.12. The van der Waals surface area contributed by atoms with Gasteiger partial charge in [-0.1, -0.05) is 12.8 Å². The van der Waals surface area contributed by atoms with Crippen LogP contribution in [0.5, 0.6) is 0 Å². The maximum atomic E-state index is 12.1. The molecule has 3 aliphatic rings. The quantitative estimate of drug-likeness (QED) is 0.783. The first-order valence-electron chi connectivity index (χ1n) is 7.67. The molecule has 0 radical (unpaired) electrons. The number of nitrogens with one attached hydrogen (secondary N) is 1. The van der Waals surface area contributed by atoms with Crippen LogP contribution < -0.4 is 5.32 Å². The van der Waals surface area contributed by atoms with E-state index in [9.17, 15) is 4.79 Å². The summed E-state index contributed by atoms with van der Waals surface area (Å²) in [7, 11) is 0. The number of hydrogen-bond donors (Lipinski definition) is 1. The highest BCUT2D eigenvalue weighted by molar-refractivity contribution is 6.20. The van der Waals surface area contributed by atoms with Gasteiger partial charge in [-0.25, -0.2) is 0 Å². The third kappa shape index (κ3) is 2.68. The van der Waals surface area contributed by atoms with Crippen LogP contribution in [0.2, 0.25) is 0 Å². The SMILES string of the molecule is O=C(NCC1CCC(Cl)CC1)C1C2CCCCC21. The third-order valence-corrected chi connectivity index (χ3v) is 5.74. The number of carbonyl (C=O) groups is 1. The summed E-state index contributed by atoms with van der Waals surface area (Å²) in [6, 6.07) is 0. The normalized spacial score (nSPS) is 43.1. The molecular weight excluding hydrogens is 246 g/mol. The Kier molecular flexibility index (Phi) is 3.83. The van der Waals surface area contributed by atoms with Crippen molar-refractivity contribution in [1.29, 1.82) is 0 Å². The molecular formula is C15H24ClNO. The molecule has 3 heteroatoms. The van der Waals surface area contributed by atoms with Gasteiger partial charge in [0.2, 0.25) is 5.91 Å². The van der Waals surface area contributed by atoms with Crippen molar-refractivity contribution in [3.05, 3.63) is 0 Å². The summed E-state index contributed by atoms with van der Waals surface area (Å²) in [6.07, 6.45) is 9.88. The first-order chi connectivity index (χ1) is 8.75. The molecule has 0 spiro atoms. The molecule has 3 aliphatic carbocycles. The molecule has 0 aromatic heterocycles. The van der Waals surface area contributed by atoms with Gasteiger partial charge in [0.15, 0.2) is 0 Å². The maximum Gasteiger partial charge on any atom is 0.223 e. The molecule has 1 N–H and O–H groups in total. The van der Waals surface area contributed by atoms with E-state index < -0.39 is 0 Å². The maximum absolute atomic E-state index is 12.1. The second-order valence-electron chi connectivity index (χ2n) is 6.50. The smallest absolute Gasteiger partial charge is 0.223 e. The Hall–Kier alpha value is -0.240. The van der Waals surface area contributed by atoms with E-state index in [1.54, 1.807) is 0 Å². The number of carbonyl (C=O) groups excluding carboxylic acids is 1. The molecule has 2 unspecified atom stereocenters. The van der Waals surface area contributed by atoms with Crippen molar-refractivity contribution in [3.63, 3.8) is 0 Å². The summed E-state index contributed by atoms with van der Waals surface area (Å²) in [5.74, 6) is 2.86. The van der Waals surface area contributed by atoms with Crippen LogP contribution in [-0.2, 0) is 4.79 Å². The first kappa shape index (κ1) is 12.8. The Labute approximate surface area is 115 Å². The predicted octanol–water partition coefficient (Wildman–Crippen LogP) is 3.34. The Bertz CT molecular complexity index is 300. The zero-order valence-corrected chi connectivity index (χ0v) is 11.8. The summed E-state index contributed by atoms with van der Waals surface area (Å²) < 4.78 is 0. The van der Waals surface area contributed by atoms with Crippen LogP contribution in [0.3, 0.4) is 0 Å². The van der Waals surface area contributed by atoms with Crippen molar-refractivity contribution >= 4 is 17.5 Å². The fraction of sp³-hybridized carbons (Fsp3) is 0.933. The first-order valence-corrected chi connectivity index (χ1v) is 8.11. The lowest BCUT2D eigenvalue weighted by Crippen LogP contribution is -2.33. The molecule has 2 nitrogen and oxygen atoms in total. The zero-order chi connectivity index (χ0) is 12.5. The van der Waals surface area contributed by atoms with Gasteiger partial charge in [-0.05, 0) is 56.3 Å². The van der Waals surface area contributed by atoms with E-state index in [0.717, 1.165) is 31.2 Å². The van der Waals surface area contributed by atoms with Crippen molar-refractivity contribution in [2.45, 2.75) is 56.7 Å². The van der Waals surface area contributed by atoms with Gasteiger partial charge in [-0.3, -0.25) is 4.79 Å². The Balaban J connectivity index is 1.40. The lowest BCUT2D eigenvalue weighted by atomic mass is 9.89. The number of hydrogen-bond acceptors (Lipinski definition) is 1. The molecule has 3 saturated carbocycles. The lowest BCUT2D eigenvalue weighted by molar-refractivity contribution is -0.123. The van der Waals surface area contributed by atoms with E-state index in [4.69, 9.17) is 11.6 Å². The Morgan fingerprint density at radius 3 is 2.22 bits per heavy atom. The van der Waals surface area contributed by atoms with E-state index in [2.05, 4.69) is 5.32 Å². The van der Waals surface area contributed by atoms with Gasteiger partial charge in [0.05, 0.1) is 0 Å². The van der Waals surface area contributed by atoms with E-state index in [1.807, 2.05) is 0 Å². The molecule has 1 amide bonds. The highest BCUT2D eigenvalue weighted by atomic mass is 35.5. The number of halogens is 1. The predicted molar refractivity (Wildman–Crippen MR) is 73.5 cm³/mol. The topological polar surface area (TPSA) is 29.1 Å². The van der Waals surface area contributed by atoms with Crippen LogP contribution >= 0.6 is 11.6 Å². The third-order valence-electron chi connectivity index (χ3n) is 5.30. The largest absolute Gasteiger partial charge is 0.356 e. The monoisotopic (exact) mass is 269 g/mol. The van der Waals surface area contributed by atoms with Crippen LogP contribution in [0.4, 0.5) is 0 Å². The summed E-state index contributed by atoms with van der Waals surface area (Å²) in [4.78, 5) is 12.1. The van der Waals surface area contributed by atoms with Gasteiger partial charge in [0.1, 0.15) is 0 Å². The zero-order valence-electron chi connectivity index (χ0n) is 11.0. The van der Waals surface area contributed by atoms with Gasteiger partial charge < -0.3 is 5.32 Å². The fourth-order valence-electron chi connectivity index (χ4n) is 4.07. The molecule has 3 fully saturated rings. The lowest BCUT2D eigenvalue weighted by Gasteiger charge is -2.25. The summed E-state index contributed by atoms with van der Waals surface area (Å²) >= 11 is 6.10. The van der Waals surface area contributed by atoms with E-state index in [-0.39, 0.29) is 0 Å². The summed E-state index contributed by atoms with van der Waals surface area (Å²) in [5, 5.41) is 3.58. The minimum Gasteiger partial charge on any atom is -0.356 e. The molecule has 0 aromatic rings. The highest BCUT2D eigenvalue weighted by Crippen LogP contribution is 2.55. The molecule has 0 saturated heterocycles. The van der Waals surface area contributed by atoms with Crippen molar-refractivity contribution in [3.8, 4) is 0 Å². The summed E-state index contributed by atoms with van der Waals surface area (Å²) in [5.41, 5.74) is 0.